The van der Waals surface area contributed by atoms with Gasteiger partial charge in [0.2, 0.25) is 0 Å². The lowest BCUT2D eigenvalue weighted by atomic mass is 9.99. The van der Waals surface area contributed by atoms with E-state index in [9.17, 15) is 9.59 Å². The van der Waals surface area contributed by atoms with Gasteiger partial charge in [-0.15, -0.1) is 0 Å². The molecule has 2 heterocycles. The molecule has 0 saturated heterocycles. The predicted octanol–water partition coefficient (Wildman–Crippen LogP) is 12.0. The van der Waals surface area contributed by atoms with Gasteiger partial charge in [-0.05, 0) is 72.1 Å². The molecule has 240 valence electrons. The number of fused-ring (bicyclic) bond motifs is 9. The summed E-state index contributed by atoms with van der Waals surface area (Å²) in [5.41, 5.74) is 2.89. The van der Waals surface area contributed by atoms with E-state index in [2.05, 4.69) is 26.0 Å². The summed E-state index contributed by atoms with van der Waals surface area (Å²) in [6.45, 7) is 4.40. The molecule has 6 heteroatoms. The van der Waals surface area contributed by atoms with E-state index in [1.54, 1.807) is 12.1 Å². The van der Waals surface area contributed by atoms with Crippen molar-refractivity contribution in [2.75, 3.05) is 0 Å². The molecule has 46 heavy (non-hydrogen) atoms. The van der Waals surface area contributed by atoms with Gasteiger partial charge in [0.15, 0.2) is 0 Å². The van der Waals surface area contributed by atoms with Crippen LogP contribution in [-0.2, 0) is 9.59 Å². The lowest BCUT2D eigenvalue weighted by molar-refractivity contribution is -0.135. The molecule has 0 atom stereocenters. The highest BCUT2D eigenvalue weighted by Gasteiger charge is 2.17. The molecule has 2 aromatic heterocycles. The van der Waals surface area contributed by atoms with Crippen molar-refractivity contribution in [3.05, 3.63) is 60.7 Å². The Morgan fingerprint density at radius 2 is 0.870 bits per heavy atom. The summed E-state index contributed by atoms with van der Waals surface area (Å²) in [6, 6.07) is 19.3. The predicted molar refractivity (Wildman–Crippen MR) is 186 cm³/mol. The number of esters is 2. The monoisotopic (exact) mass is 620 g/mol. The standard InChI is InChI=1S/C40H44O6/c1-3-5-7-9-11-13-15-37(41)43-27-17-19-31-35(25-27)45-33-23-21-30-29(39(31)33)22-24-34-40(30)32-20-18-28(26-36(32)46-34)44-38(42)16-14-12-10-8-6-4-2/h17-26H,3-16H2,1-2H3. The zero-order valence-corrected chi connectivity index (χ0v) is 27.1. The zero-order valence-electron chi connectivity index (χ0n) is 27.1. The van der Waals surface area contributed by atoms with Gasteiger partial charge >= 0.3 is 11.9 Å². The topological polar surface area (TPSA) is 78.9 Å². The van der Waals surface area contributed by atoms with Crippen LogP contribution in [0.1, 0.15) is 104 Å². The van der Waals surface area contributed by atoms with Crippen LogP contribution in [-0.4, -0.2) is 11.9 Å². The Morgan fingerprint density at radius 3 is 1.30 bits per heavy atom. The fraction of sp³-hybridized carbons (Fsp3) is 0.400. The Kier molecular flexibility index (Phi) is 10.2. The second-order valence-corrected chi connectivity index (χ2v) is 12.5. The van der Waals surface area contributed by atoms with Crippen LogP contribution < -0.4 is 9.47 Å². The number of furan rings is 2. The van der Waals surface area contributed by atoms with E-state index in [0.29, 0.717) is 35.5 Å². The fourth-order valence-corrected chi connectivity index (χ4v) is 6.51. The fourth-order valence-electron chi connectivity index (χ4n) is 6.51. The van der Waals surface area contributed by atoms with Crippen LogP contribution in [0.2, 0.25) is 0 Å². The van der Waals surface area contributed by atoms with Crippen molar-refractivity contribution in [2.24, 2.45) is 0 Å². The molecule has 6 rings (SSSR count). The van der Waals surface area contributed by atoms with Crippen LogP contribution >= 0.6 is 0 Å². The average molecular weight is 621 g/mol. The SMILES string of the molecule is CCCCCCCCC(=O)Oc1ccc2c(c1)oc1ccc3c(ccc4oc5cc(OC(=O)CCCCCCCC)ccc5c43)c12. The highest BCUT2D eigenvalue weighted by atomic mass is 16.5. The van der Waals surface area contributed by atoms with Gasteiger partial charge in [-0.1, -0.05) is 78.1 Å². The highest BCUT2D eigenvalue weighted by molar-refractivity contribution is 6.27. The van der Waals surface area contributed by atoms with Crippen LogP contribution in [0.25, 0.3) is 54.6 Å². The molecule has 6 aromatic rings. The van der Waals surface area contributed by atoms with Crippen LogP contribution in [0.15, 0.2) is 69.5 Å². The highest BCUT2D eigenvalue weighted by Crippen LogP contribution is 2.41. The summed E-state index contributed by atoms with van der Waals surface area (Å²) < 4.78 is 23.8. The van der Waals surface area contributed by atoms with Gasteiger partial charge in [0, 0.05) is 46.5 Å². The van der Waals surface area contributed by atoms with E-state index >= 15 is 0 Å². The van der Waals surface area contributed by atoms with Crippen molar-refractivity contribution in [3.63, 3.8) is 0 Å². The Morgan fingerprint density at radius 1 is 0.478 bits per heavy atom. The number of carbonyl (C=O) groups is 2. The van der Waals surface area contributed by atoms with E-state index in [0.717, 1.165) is 82.0 Å². The summed E-state index contributed by atoms with van der Waals surface area (Å²) in [6.07, 6.45) is 14.4. The summed E-state index contributed by atoms with van der Waals surface area (Å²) >= 11 is 0. The van der Waals surface area contributed by atoms with Gasteiger partial charge in [-0.3, -0.25) is 9.59 Å². The molecule has 0 amide bonds. The Balaban J connectivity index is 1.20. The van der Waals surface area contributed by atoms with Crippen molar-refractivity contribution in [1.29, 1.82) is 0 Å². The number of hydrogen-bond acceptors (Lipinski definition) is 6. The second kappa shape index (κ2) is 14.8. The summed E-state index contributed by atoms with van der Waals surface area (Å²) in [4.78, 5) is 24.9. The molecule has 0 N–H and O–H groups in total. The van der Waals surface area contributed by atoms with Gasteiger partial charge in [0.1, 0.15) is 33.8 Å². The van der Waals surface area contributed by atoms with Crippen LogP contribution in [0.4, 0.5) is 0 Å². The number of rotatable bonds is 16. The molecular weight excluding hydrogens is 576 g/mol. The Labute approximate surface area is 270 Å². The third-order valence-corrected chi connectivity index (χ3v) is 8.94. The first-order valence-electron chi connectivity index (χ1n) is 17.2. The van der Waals surface area contributed by atoms with Gasteiger partial charge in [0.25, 0.3) is 0 Å². The Hall–Kier alpha value is -4.32. The molecule has 0 unspecified atom stereocenters. The first-order valence-corrected chi connectivity index (χ1v) is 17.2. The minimum Gasteiger partial charge on any atom is -0.456 e. The number of carbonyl (C=O) groups excluding carboxylic acids is 2. The first-order chi connectivity index (χ1) is 22.6. The lowest BCUT2D eigenvalue weighted by Gasteiger charge is -2.05. The lowest BCUT2D eigenvalue weighted by Crippen LogP contribution is -2.07. The third-order valence-electron chi connectivity index (χ3n) is 8.94. The largest absolute Gasteiger partial charge is 0.456 e. The normalized spacial score (nSPS) is 11.8. The molecule has 0 saturated carbocycles. The summed E-state index contributed by atoms with van der Waals surface area (Å²) in [5, 5.41) is 6.04. The van der Waals surface area contributed by atoms with E-state index in [4.69, 9.17) is 18.3 Å². The minimum atomic E-state index is -0.207. The minimum absolute atomic E-state index is 0.207. The van der Waals surface area contributed by atoms with Crippen LogP contribution in [0.5, 0.6) is 11.5 Å². The van der Waals surface area contributed by atoms with Gasteiger partial charge in [-0.25, -0.2) is 0 Å². The van der Waals surface area contributed by atoms with Crippen molar-refractivity contribution < 1.29 is 27.9 Å². The molecular formula is C40H44O6. The van der Waals surface area contributed by atoms with E-state index in [-0.39, 0.29) is 11.9 Å². The molecule has 4 aromatic carbocycles. The molecule has 0 aliphatic heterocycles. The number of unbranched alkanes of at least 4 members (excludes halogenated alkanes) is 10. The van der Waals surface area contributed by atoms with Crippen molar-refractivity contribution in [3.8, 4) is 11.5 Å². The maximum atomic E-state index is 12.5. The van der Waals surface area contributed by atoms with E-state index in [1.807, 2.05) is 36.4 Å². The van der Waals surface area contributed by atoms with Crippen molar-refractivity contribution in [2.45, 2.75) is 104 Å². The molecule has 6 nitrogen and oxygen atoms in total. The second-order valence-electron chi connectivity index (χ2n) is 12.5. The smallest absolute Gasteiger partial charge is 0.311 e. The van der Waals surface area contributed by atoms with Crippen LogP contribution in [0.3, 0.4) is 0 Å². The summed E-state index contributed by atoms with van der Waals surface area (Å²) in [5.74, 6) is 0.583. The number of hydrogen-bond donors (Lipinski definition) is 0. The number of benzene rings is 4. The van der Waals surface area contributed by atoms with Gasteiger partial charge in [0.05, 0.1) is 0 Å². The molecule has 0 radical (unpaired) electrons. The van der Waals surface area contributed by atoms with Crippen molar-refractivity contribution >= 4 is 66.6 Å². The molecule has 0 aliphatic rings. The first kappa shape index (κ1) is 31.7. The van der Waals surface area contributed by atoms with E-state index in [1.165, 1.54) is 38.5 Å². The van der Waals surface area contributed by atoms with Crippen molar-refractivity contribution in [1.82, 2.24) is 0 Å². The van der Waals surface area contributed by atoms with Crippen LogP contribution in [0, 0.1) is 0 Å². The summed E-state index contributed by atoms with van der Waals surface area (Å²) in [7, 11) is 0. The molecule has 0 fully saturated rings. The molecule has 0 bridgehead atoms. The maximum absolute atomic E-state index is 12.5. The zero-order chi connectivity index (χ0) is 31.9. The maximum Gasteiger partial charge on any atom is 0.311 e. The molecule has 0 spiro atoms. The average Bonchev–Trinajstić information content (AvgIpc) is 3.62. The third kappa shape index (κ3) is 7.06. The van der Waals surface area contributed by atoms with Gasteiger partial charge in [-0.2, -0.15) is 0 Å². The molecule has 0 aliphatic carbocycles. The van der Waals surface area contributed by atoms with E-state index < -0.39 is 0 Å². The quantitative estimate of drug-likeness (QED) is 0.0608. The van der Waals surface area contributed by atoms with Gasteiger partial charge < -0.3 is 18.3 Å². The Bertz CT molecular complexity index is 1830. The number of ether oxygens (including phenoxy) is 2.